The number of carbonyl (C=O) groups is 1. The van der Waals surface area contributed by atoms with Crippen molar-refractivity contribution in [3.05, 3.63) is 65.7 Å². The maximum absolute atomic E-state index is 13.8. The molecule has 0 radical (unpaired) electrons. The van der Waals surface area contributed by atoms with Crippen molar-refractivity contribution in [2.45, 2.75) is 42.8 Å². The van der Waals surface area contributed by atoms with Gasteiger partial charge in [0.25, 0.3) is 0 Å². The van der Waals surface area contributed by atoms with Gasteiger partial charge in [0.1, 0.15) is 16.7 Å². The number of nitrogens with zero attached hydrogens (tertiary/aromatic N) is 3. The van der Waals surface area contributed by atoms with Crippen molar-refractivity contribution < 1.29 is 23.1 Å². The molecule has 2 aliphatic rings. The molecule has 1 aliphatic carbocycles. The van der Waals surface area contributed by atoms with Crippen LogP contribution in [-0.2, 0) is 11.0 Å². The predicted molar refractivity (Wildman–Crippen MR) is 133 cm³/mol. The van der Waals surface area contributed by atoms with Crippen LogP contribution < -0.4 is 9.62 Å². The van der Waals surface area contributed by atoms with Crippen LogP contribution in [0.5, 0.6) is 0 Å². The lowest BCUT2D eigenvalue weighted by atomic mass is 9.97. The number of halogens is 3. The van der Waals surface area contributed by atoms with Crippen LogP contribution >= 0.6 is 11.9 Å². The molecular formula is C26H25F3N4O2S. The molecule has 1 aromatic carbocycles. The highest BCUT2D eigenvalue weighted by atomic mass is 32.2. The normalized spacial score (nSPS) is 18.2. The monoisotopic (exact) mass is 514 g/mol. The van der Waals surface area contributed by atoms with Crippen LogP contribution in [0, 0.1) is 5.92 Å². The third-order valence-electron chi connectivity index (χ3n) is 6.50. The van der Waals surface area contributed by atoms with Gasteiger partial charge in [-0.05, 0) is 61.4 Å². The Morgan fingerprint density at radius 2 is 1.83 bits per heavy atom. The van der Waals surface area contributed by atoms with Gasteiger partial charge in [-0.25, -0.2) is 9.97 Å². The van der Waals surface area contributed by atoms with Crippen molar-refractivity contribution in [2.75, 3.05) is 22.7 Å². The molecule has 0 amide bonds. The maximum Gasteiger partial charge on any atom is 0.418 e. The number of hydrogen-bond acceptors (Lipinski definition) is 6. The SMILES string of the molecule is O=C(O)C1CCCN(c2cccc(SNc3ccc(C(F)(F)F)c(-c4ccccc4C4CC4)n3)n2)C1. The van der Waals surface area contributed by atoms with Crippen molar-refractivity contribution in [2.24, 2.45) is 5.92 Å². The van der Waals surface area contributed by atoms with E-state index in [4.69, 9.17) is 0 Å². The lowest BCUT2D eigenvalue weighted by Gasteiger charge is -2.31. The molecule has 3 aromatic rings. The first-order valence-corrected chi connectivity index (χ1v) is 12.7. The zero-order valence-corrected chi connectivity index (χ0v) is 20.1. The second-order valence-electron chi connectivity index (χ2n) is 9.11. The highest BCUT2D eigenvalue weighted by Crippen LogP contribution is 2.46. The molecule has 5 rings (SSSR count). The molecule has 1 aliphatic heterocycles. The zero-order chi connectivity index (χ0) is 25.3. The third kappa shape index (κ3) is 5.43. The van der Waals surface area contributed by atoms with E-state index in [1.54, 1.807) is 18.2 Å². The van der Waals surface area contributed by atoms with Crippen LogP contribution in [0.25, 0.3) is 11.3 Å². The van der Waals surface area contributed by atoms with Crippen molar-refractivity contribution in [1.82, 2.24) is 9.97 Å². The van der Waals surface area contributed by atoms with Crippen LogP contribution in [0.4, 0.5) is 24.8 Å². The van der Waals surface area contributed by atoms with E-state index < -0.39 is 23.6 Å². The quantitative estimate of drug-likeness (QED) is 0.350. The minimum atomic E-state index is -4.52. The summed E-state index contributed by atoms with van der Waals surface area (Å²) in [6.07, 6.45) is -1.16. The van der Waals surface area contributed by atoms with E-state index in [0.29, 0.717) is 35.2 Å². The summed E-state index contributed by atoms with van der Waals surface area (Å²) in [6.45, 7) is 1.12. The van der Waals surface area contributed by atoms with Crippen LogP contribution in [0.1, 0.15) is 42.7 Å². The molecule has 1 atom stereocenters. The molecule has 188 valence electrons. The Hall–Kier alpha value is -3.27. The maximum atomic E-state index is 13.8. The van der Waals surface area contributed by atoms with Crippen molar-refractivity contribution in [3.63, 3.8) is 0 Å². The number of hydrogen-bond donors (Lipinski definition) is 2. The molecule has 3 heterocycles. The van der Waals surface area contributed by atoms with Crippen molar-refractivity contribution >= 4 is 29.6 Å². The van der Waals surface area contributed by atoms with Crippen molar-refractivity contribution in [1.29, 1.82) is 0 Å². The largest absolute Gasteiger partial charge is 0.481 e. The Morgan fingerprint density at radius 1 is 1.03 bits per heavy atom. The molecule has 6 nitrogen and oxygen atoms in total. The van der Waals surface area contributed by atoms with Gasteiger partial charge in [-0.2, -0.15) is 13.2 Å². The fourth-order valence-corrected chi connectivity index (χ4v) is 5.15. The number of carboxylic acid groups (broad SMARTS) is 1. The van der Waals surface area contributed by atoms with E-state index >= 15 is 0 Å². The first-order chi connectivity index (χ1) is 17.3. The predicted octanol–water partition coefficient (Wildman–Crippen LogP) is 6.46. The highest BCUT2D eigenvalue weighted by molar-refractivity contribution is 8.00. The number of alkyl halides is 3. The fraction of sp³-hybridized carbons (Fsp3) is 0.346. The van der Waals surface area contributed by atoms with Gasteiger partial charge in [0.2, 0.25) is 0 Å². The van der Waals surface area contributed by atoms with Crippen molar-refractivity contribution in [3.8, 4) is 11.3 Å². The molecule has 2 fully saturated rings. The summed E-state index contributed by atoms with van der Waals surface area (Å²) >= 11 is 1.15. The Bertz CT molecular complexity index is 1270. The van der Waals surface area contributed by atoms with Crippen LogP contribution in [0.3, 0.4) is 0 Å². The van der Waals surface area contributed by atoms with Gasteiger partial charge in [-0.3, -0.25) is 4.79 Å². The summed E-state index contributed by atoms with van der Waals surface area (Å²) in [5, 5.41) is 9.96. The molecular weight excluding hydrogens is 489 g/mol. The van der Waals surface area contributed by atoms with Gasteiger partial charge < -0.3 is 14.7 Å². The van der Waals surface area contributed by atoms with Gasteiger partial charge in [0.15, 0.2) is 0 Å². The van der Waals surface area contributed by atoms with Gasteiger partial charge in [-0.1, -0.05) is 30.3 Å². The summed E-state index contributed by atoms with van der Waals surface area (Å²) in [4.78, 5) is 22.3. The van der Waals surface area contributed by atoms with Crippen LogP contribution in [0.2, 0.25) is 0 Å². The highest BCUT2D eigenvalue weighted by Gasteiger charge is 2.36. The number of rotatable bonds is 7. The topological polar surface area (TPSA) is 78.4 Å². The van der Waals surface area contributed by atoms with Crippen LogP contribution in [0.15, 0.2) is 59.6 Å². The summed E-state index contributed by atoms with van der Waals surface area (Å²) in [6, 6.07) is 15.0. The summed E-state index contributed by atoms with van der Waals surface area (Å²) in [7, 11) is 0. The average molecular weight is 515 g/mol. The van der Waals surface area contributed by atoms with E-state index in [1.807, 2.05) is 29.2 Å². The van der Waals surface area contributed by atoms with Gasteiger partial charge in [0.05, 0.1) is 17.2 Å². The zero-order valence-electron chi connectivity index (χ0n) is 19.3. The Balaban J connectivity index is 1.37. The number of anilines is 2. The number of piperidine rings is 1. The molecule has 2 N–H and O–H groups in total. The van der Waals surface area contributed by atoms with E-state index in [-0.39, 0.29) is 11.6 Å². The second-order valence-corrected chi connectivity index (χ2v) is 9.94. The smallest absolute Gasteiger partial charge is 0.418 e. The lowest BCUT2D eigenvalue weighted by Crippen LogP contribution is -2.39. The number of pyridine rings is 2. The first-order valence-electron chi connectivity index (χ1n) is 11.8. The Morgan fingerprint density at radius 3 is 2.58 bits per heavy atom. The van der Waals surface area contributed by atoms with E-state index in [1.165, 1.54) is 6.07 Å². The standard InChI is InChI=1S/C26H25F3N4O2S/c27-26(28,29)20-12-13-21(30-24(20)19-7-2-1-6-18(19)16-10-11-16)32-36-23-9-3-8-22(31-23)33-14-4-5-17(15-33)25(34)35/h1-3,6-9,12-13,16-17H,4-5,10-11,14-15H2,(H,30,32)(H,34,35). The number of benzene rings is 1. The van der Waals surface area contributed by atoms with Gasteiger partial charge >= 0.3 is 12.1 Å². The van der Waals surface area contributed by atoms with E-state index in [2.05, 4.69) is 14.7 Å². The Kier molecular flexibility index (Phi) is 6.79. The first kappa shape index (κ1) is 24.4. The Labute approximate surface area is 211 Å². The van der Waals surface area contributed by atoms with Crippen LogP contribution in [-0.4, -0.2) is 34.1 Å². The second kappa shape index (κ2) is 10.0. The fourth-order valence-electron chi connectivity index (χ4n) is 4.54. The summed E-state index contributed by atoms with van der Waals surface area (Å²) in [5.41, 5.74) is 0.574. The number of carboxylic acids is 1. The molecule has 0 spiro atoms. The molecule has 36 heavy (non-hydrogen) atoms. The molecule has 10 heteroatoms. The molecule has 1 saturated heterocycles. The average Bonchev–Trinajstić information content (AvgIpc) is 3.73. The minimum absolute atomic E-state index is 0.0784. The molecule has 2 aromatic heterocycles. The van der Waals surface area contributed by atoms with Gasteiger partial charge in [-0.15, -0.1) is 0 Å². The summed E-state index contributed by atoms with van der Waals surface area (Å²) < 4.78 is 44.6. The molecule has 1 saturated carbocycles. The summed E-state index contributed by atoms with van der Waals surface area (Å²) in [5.74, 6) is 0.0111. The number of aliphatic carboxylic acids is 1. The van der Waals surface area contributed by atoms with E-state index in [0.717, 1.165) is 49.4 Å². The number of aromatic nitrogens is 2. The van der Waals surface area contributed by atoms with Gasteiger partial charge in [0, 0.05) is 30.6 Å². The van der Waals surface area contributed by atoms with E-state index in [9.17, 15) is 23.1 Å². The molecule has 1 unspecified atom stereocenters. The third-order valence-corrected chi connectivity index (χ3v) is 7.25. The minimum Gasteiger partial charge on any atom is -0.481 e. The number of nitrogens with one attached hydrogen (secondary N) is 1. The lowest BCUT2D eigenvalue weighted by molar-refractivity contribution is -0.142. The molecule has 0 bridgehead atoms.